The van der Waals surface area contributed by atoms with Gasteiger partial charge in [0.25, 0.3) is 0 Å². The molecular weight excluding hydrogens is 397 g/mol. The third-order valence-electron chi connectivity index (χ3n) is 3.36. The minimum Gasteiger partial charge on any atom is -1.00 e. The van der Waals surface area contributed by atoms with Crippen LogP contribution in [0.15, 0.2) is 91.0 Å². The Labute approximate surface area is 172 Å². The Hall–Kier alpha value is -0.708. The molecule has 24 heavy (non-hydrogen) atoms. The molecule has 0 aliphatic heterocycles. The van der Waals surface area contributed by atoms with Crippen molar-refractivity contribution < 1.29 is 41.8 Å². The first-order valence-corrected chi connectivity index (χ1v) is 8.29. The predicted octanol–water partition coefficient (Wildman–Crippen LogP) is -6.04. The van der Waals surface area contributed by atoms with Crippen LogP contribution in [-0.2, 0) is 4.57 Å². The summed E-state index contributed by atoms with van der Waals surface area (Å²) in [6.07, 6.45) is 0. The summed E-state index contributed by atoms with van der Waals surface area (Å²) in [6.45, 7) is 0. The number of benzene rings is 3. The van der Waals surface area contributed by atoms with E-state index in [1.165, 1.54) is 0 Å². The van der Waals surface area contributed by atoms with Crippen LogP contribution >= 0.6 is 7.14 Å². The van der Waals surface area contributed by atoms with Gasteiger partial charge in [-0.3, -0.25) is 0 Å². The Morgan fingerprint density at radius 2 is 0.667 bits per heavy atom. The van der Waals surface area contributed by atoms with Gasteiger partial charge in [0, 0.05) is 15.9 Å². The number of hydrogen-bond acceptors (Lipinski definition) is 1. The van der Waals surface area contributed by atoms with Crippen molar-refractivity contribution >= 4 is 40.4 Å². The summed E-state index contributed by atoms with van der Waals surface area (Å²) >= 11 is 0. The molecule has 0 aliphatic rings. The Bertz CT molecular complexity index is 637. The Morgan fingerprint density at radius 1 is 0.458 bits per heavy atom. The van der Waals surface area contributed by atoms with E-state index in [1.807, 2.05) is 91.0 Å². The summed E-state index contributed by atoms with van der Waals surface area (Å²) < 4.78 is 13.8. The maximum Gasteiger partial charge on any atom is 3.00 e. The van der Waals surface area contributed by atoms with Crippen LogP contribution in [0.3, 0.4) is 0 Å². The standard InChI is InChI=1S/C18H15OP.Al.3ClH/c19-20(16-10-4-1-5-11-16,17-12-6-2-7-13-17)18-14-8-3-9-15-18;;;;/h1-15H;;3*1H/q;+3;;;/p-3. The summed E-state index contributed by atoms with van der Waals surface area (Å²) in [7, 11) is -2.78. The van der Waals surface area contributed by atoms with E-state index < -0.39 is 7.14 Å². The molecule has 0 saturated carbocycles. The molecule has 0 N–H and O–H groups in total. The molecule has 0 heterocycles. The maximum atomic E-state index is 13.8. The monoisotopic (exact) mass is 410 g/mol. The summed E-state index contributed by atoms with van der Waals surface area (Å²) in [5.74, 6) is 0. The fourth-order valence-corrected chi connectivity index (χ4v) is 5.03. The minimum absolute atomic E-state index is 0. The van der Waals surface area contributed by atoms with Crippen LogP contribution in [0.4, 0.5) is 0 Å². The van der Waals surface area contributed by atoms with Gasteiger partial charge in [-0.2, -0.15) is 0 Å². The van der Waals surface area contributed by atoms with E-state index in [0.29, 0.717) is 0 Å². The summed E-state index contributed by atoms with van der Waals surface area (Å²) in [5, 5.41) is 2.62. The molecule has 3 rings (SSSR count). The van der Waals surface area contributed by atoms with Crippen molar-refractivity contribution in [3.63, 3.8) is 0 Å². The Balaban J connectivity index is 0. The number of rotatable bonds is 3. The molecule has 3 aromatic carbocycles. The third-order valence-corrected chi connectivity index (χ3v) is 6.44. The van der Waals surface area contributed by atoms with Crippen molar-refractivity contribution in [2.24, 2.45) is 0 Å². The zero-order valence-corrected chi connectivity index (χ0v) is 17.0. The molecule has 0 saturated heterocycles. The molecular formula is C18H15AlCl3OP. The van der Waals surface area contributed by atoms with Gasteiger partial charge in [0.1, 0.15) is 0 Å². The summed E-state index contributed by atoms with van der Waals surface area (Å²) in [4.78, 5) is 0. The molecule has 122 valence electrons. The van der Waals surface area contributed by atoms with Crippen molar-refractivity contribution in [3.8, 4) is 0 Å². The molecule has 0 unspecified atom stereocenters. The SMILES string of the molecule is O=P(c1ccccc1)(c1ccccc1)c1ccccc1.[Al+3].[Cl-].[Cl-].[Cl-]. The molecule has 6 heteroatoms. The molecule has 0 aromatic heterocycles. The smallest absolute Gasteiger partial charge is 1.00 e. The Kier molecular flexibility index (Phi) is 12.5. The topological polar surface area (TPSA) is 17.1 Å². The van der Waals surface area contributed by atoms with E-state index in [2.05, 4.69) is 0 Å². The van der Waals surface area contributed by atoms with E-state index in [1.54, 1.807) is 0 Å². The fraction of sp³-hybridized carbons (Fsp3) is 0. The van der Waals surface area contributed by atoms with E-state index in [9.17, 15) is 4.57 Å². The van der Waals surface area contributed by atoms with Gasteiger partial charge in [0.2, 0.25) is 0 Å². The molecule has 0 spiro atoms. The average Bonchev–Trinajstić information content (AvgIpc) is 2.56. The van der Waals surface area contributed by atoms with Gasteiger partial charge in [-0.15, -0.1) is 0 Å². The largest absolute Gasteiger partial charge is 3.00 e. The van der Waals surface area contributed by atoms with Crippen LogP contribution in [0, 0.1) is 0 Å². The molecule has 0 aliphatic carbocycles. The zero-order chi connectivity index (χ0) is 13.8. The first kappa shape index (κ1) is 25.5. The van der Waals surface area contributed by atoms with Crippen LogP contribution in [0.25, 0.3) is 0 Å². The third kappa shape index (κ3) is 5.14. The second-order valence-corrected chi connectivity index (χ2v) is 7.38. The van der Waals surface area contributed by atoms with E-state index in [4.69, 9.17) is 0 Å². The fourth-order valence-electron chi connectivity index (χ4n) is 2.36. The normalized spacial score (nSPS) is 9.33. The number of halogens is 3. The van der Waals surface area contributed by atoms with Gasteiger partial charge in [0.05, 0.1) is 0 Å². The van der Waals surface area contributed by atoms with E-state index in [0.717, 1.165) is 15.9 Å². The maximum absolute atomic E-state index is 13.8. The predicted molar refractivity (Wildman–Crippen MR) is 91.6 cm³/mol. The van der Waals surface area contributed by atoms with Crippen molar-refractivity contribution in [3.05, 3.63) is 91.0 Å². The van der Waals surface area contributed by atoms with Crippen LogP contribution in [0.5, 0.6) is 0 Å². The molecule has 0 atom stereocenters. The van der Waals surface area contributed by atoms with Crippen LogP contribution in [0.2, 0.25) is 0 Å². The van der Waals surface area contributed by atoms with Crippen molar-refractivity contribution in [1.82, 2.24) is 0 Å². The van der Waals surface area contributed by atoms with Gasteiger partial charge in [-0.25, -0.2) is 0 Å². The molecule has 0 fully saturated rings. The van der Waals surface area contributed by atoms with Gasteiger partial charge in [-0.05, 0) is 0 Å². The van der Waals surface area contributed by atoms with E-state index in [-0.39, 0.29) is 54.6 Å². The molecule has 0 amide bonds. The van der Waals surface area contributed by atoms with Crippen molar-refractivity contribution in [2.75, 3.05) is 0 Å². The van der Waals surface area contributed by atoms with Crippen LogP contribution < -0.4 is 53.1 Å². The van der Waals surface area contributed by atoms with Crippen molar-refractivity contribution in [2.45, 2.75) is 0 Å². The molecule has 3 aromatic rings. The second kappa shape index (κ2) is 11.8. The molecule has 1 nitrogen and oxygen atoms in total. The van der Waals surface area contributed by atoms with Crippen LogP contribution in [0.1, 0.15) is 0 Å². The van der Waals surface area contributed by atoms with Crippen LogP contribution in [-0.4, -0.2) is 17.4 Å². The average molecular weight is 412 g/mol. The second-order valence-electron chi connectivity index (χ2n) is 4.62. The summed E-state index contributed by atoms with van der Waals surface area (Å²) in [5.41, 5.74) is 0. The number of hydrogen-bond donors (Lipinski definition) is 0. The van der Waals surface area contributed by atoms with Gasteiger partial charge in [0.15, 0.2) is 7.14 Å². The molecule has 0 radical (unpaired) electrons. The first-order chi connectivity index (χ1) is 9.82. The van der Waals surface area contributed by atoms with Crippen molar-refractivity contribution in [1.29, 1.82) is 0 Å². The molecule has 0 bridgehead atoms. The quantitative estimate of drug-likeness (QED) is 0.310. The van der Waals surface area contributed by atoms with Gasteiger partial charge in [-0.1, -0.05) is 91.0 Å². The summed E-state index contributed by atoms with van der Waals surface area (Å²) in [6, 6.07) is 29.1. The first-order valence-electron chi connectivity index (χ1n) is 6.59. The zero-order valence-electron chi connectivity index (χ0n) is 12.7. The minimum atomic E-state index is -2.78. The van der Waals surface area contributed by atoms with Gasteiger partial charge >= 0.3 is 17.4 Å². The van der Waals surface area contributed by atoms with E-state index >= 15 is 0 Å². The Morgan fingerprint density at radius 3 is 0.875 bits per heavy atom. The van der Waals surface area contributed by atoms with Gasteiger partial charge < -0.3 is 41.8 Å².